The minimum absolute atomic E-state index is 0.746. The Hall–Kier alpha value is -1.31. The second-order valence-corrected chi connectivity index (χ2v) is 2.87. The van der Waals surface area contributed by atoms with E-state index in [0.717, 1.165) is 16.4 Å². The Morgan fingerprint density at radius 1 is 1.25 bits per heavy atom. The third-order valence-corrected chi connectivity index (χ3v) is 2.02. The van der Waals surface area contributed by atoms with Gasteiger partial charge < -0.3 is 0 Å². The predicted molar refractivity (Wildman–Crippen MR) is 51.9 cm³/mol. The van der Waals surface area contributed by atoms with Crippen LogP contribution in [0.25, 0.3) is 10.9 Å². The van der Waals surface area contributed by atoms with Crippen LogP contribution in [0.15, 0.2) is 30.5 Å². The van der Waals surface area contributed by atoms with Gasteiger partial charge in [0.05, 0.1) is 5.52 Å². The molecule has 0 spiro atoms. The van der Waals surface area contributed by atoms with Crippen LogP contribution in [0.5, 0.6) is 0 Å². The van der Waals surface area contributed by atoms with E-state index < -0.39 is 0 Å². The Labute approximate surface area is 72.8 Å². The van der Waals surface area contributed by atoms with Gasteiger partial charge in [0, 0.05) is 11.6 Å². The Balaban J connectivity index is 2.95. The lowest BCUT2D eigenvalue weighted by atomic mass is 9.91. The van der Waals surface area contributed by atoms with E-state index in [-0.39, 0.29) is 0 Å². The first-order valence-corrected chi connectivity index (χ1v) is 3.89. The normalized spacial score (nSPS) is 10.4. The van der Waals surface area contributed by atoms with Crippen molar-refractivity contribution >= 4 is 24.2 Å². The third-order valence-electron chi connectivity index (χ3n) is 2.02. The molecule has 0 fully saturated rings. The molecular formula is C10H8BN. The summed E-state index contributed by atoms with van der Waals surface area (Å²) in [4.78, 5) is 4.22. The highest BCUT2D eigenvalue weighted by molar-refractivity contribution is 6.38. The van der Waals surface area contributed by atoms with Crippen LogP contribution in [0.3, 0.4) is 0 Å². The van der Waals surface area contributed by atoms with Gasteiger partial charge in [-0.05, 0) is 18.6 Å². The number of aromatic nitrogens is 1. The Morgan fingerprint density at radius 3 is 2.83 bits per heavy atom. The summed E-state index contributed by atoms with van der Waals surface area (Å²) < 4.78 is 0. The zero-order valence-corrected chi connectivity index (χ0v) is 6.91. The highest BCUT2D eigenvalue weighted by Crippen LogP contribution is 2.12. The first-order valence-electron chi connectivity index (χ1n) is 3.89. The van der Waals surface area contributed by atoms with Crippen LogP contribution in [-0.2, 0) is 0 Å². The second-order valence-electron chi connectivity index (χ2n) is 2.87. The SMILES string of the molecule is [B]c1ccc(C)c2cccnc12. The maximum atomic E-state index is 5.76. The molecule has 0 aliphatic rings. The fraction of sp³-hybridized carbons (Fsp3) is 0.100. The number of aryl methyl sites for hydroxylation is 1. The van der Waals surface area contributed by atoms with Crippen molar-refractivity contribution in [3.63, 3.8) is 0 Å². The molecule has 1 nitrogen and oxygen atoms in total. The van der Waals surface area contributed by atoms with Crippen molar-refractivity contribution in [1.82, 2.24) is 4.98 Å². The molecule has 1 aromatic heterocycles. The van der Waals surface area contributed by atoms with Crippen molar-refractivity contribution in [1.29, 1.82) is 0 Å². The van der Waals surface area contributed by atoms with Gasteiger partial charge in [0.25, 0.3) is 0 Å². The number of hydrogen-bond acceptors (Lipinski definition) is 1. The highest BCUT2D eigenvalue weighted by Gasteiger charge is 1.98. The summed E-state index contributed by atoms with van der Waals surface area (Å²) in [5, 5.41) is 1.14. The summed E-state index contributed by atoms with van der Waals surface area (Å²) in [6.45, 7) is 2.06. The van der Waals surface area contributed by atoms with Crippen LogP contribution in [0.4, 0.5) is 0 Å². The summed E-state index contributed by atoms with van der Waals surface area (Å²) >= 11 is 0. The maximum Gasteiger partial charge on any atom is 0.116 e. The smallest absolute Gasteiger partial charge is 0.116 e. The van der Waals surface area contributed by atoms with Crippen LogP contribution in [-0.4, -0.2) is 12.8 Å². The Kier molecular flexibility index (Phi) is 1.61. The van der Waals surface area contributed by atoms with E-state index in [4.69, 9.17) is 7.85 Å². The molecule has 0 atom stereocenters. The van der Waals surface area contributed by atoms with Gasteiger partial charge in [-0.25, -0.2) is 0 Å². The van der Waals surface area contributed by atoms with Crippen LogP contribution in [0.1, 0.15) is 5.56 Å². The molecule has 2 rings (SSSR count). The van der Waals surface area contributed by atoms with E-state index in [0.29, 0.717) is 0 Å². The van der Waals surface area contributed by atoms with E-state index in [2.05, 4.69) is 11.9 Å². The minimum Gasteiger partial charge on any atom is -0.257 e. The molecule has 0 aliphatic carbocycles. The predicted octanol–water partition coefficient (Wildman–Crippen LogP) is 1.34. The summed E-state index contributed by atoms with van der Waals surface area (Å²) in [6, 6.07) is 7.87. The molecule has 2 aromatic rings. The monoisotopic (exact) mass is 153 g/mol. The number of nitrogens with zero attached hydrogens (tertiary/aromatic N) is 1. The van der Waals surface area contributed by atoms with Gasteiger partial charge >= 0.3 is 0 Å². The molecule has 1 heterocycles. The maximum absolute atomic E-state index is 5.76. The van der Waals surface area contributed by atoms with Gasteiger partial charge in [-0.1, -0.05) is 23.7 Å². The summed E-state index contributed by atoms with van der Waals surface area (Å²) in [7, 11) is 5.76. The van der Waals surface area contributed by atoms with Gasteiger partial charge in [-0.2, -0.15) is 0 Å². The first kappa shape index (κ1) is 7.35. The zero-order chi connectivity index (χ0) is 8.55. The lowest BCUT2D eigenvalue weighted by Crippen LogP contribution is -2.05. The van der Waals surface area contributed by atoms with Crippen molar-refractivity contribution in [3.05, 3.63) is 36.0 Å². The third kappa shape index (κ3) is 1.000. The first-order chi connectivity index (χ1) is 5.79. The number of pyridine rings is 1. The molecule has 12 heavy (non-hydrogen) atoms. The van der Waals surface area contributed by atoms with E-state index in [1.54, 1.807) is 6.20 Å². The van der Waals surface area contributed by atoms with E-state index >= 15 is 0 Å². The lowest BCUT2D eigenvalue weighted by molar-refractivity contribution is 1.40. The number of hydrogen-bond donors (Lipinski definition) is 0. The molecule has 56 valence electrons. The zero-order valence-electron chi connectivity index (χ0n) is 6.91. The highest BCUT2D eigenvalue weighted by atomic mass is 14.6. The van der Waals surface area contributed by atoms with E-state index in [1.807, 2.05) is 24.3 Å². The molecule has 1 aromatic carbocycles. The quantitative estimate of drug-likeness (QED) is 0.520. The van der Waals surface area contributed by atoms with Gasteiger partial charge in [0.15, 0.2) is 0 Å². The molecule has 0 aliphatic heterocycles. The van der Waals surface area contributed by atoms with E-state index in [1.165, 1.54) is 5.56 Å². The second kappa shape index (κ2) is 2.63. The molecule has 0 saturated carbocycles. The number of fused-ring (bicyclic) bond motifs is 1. The minimum atomic E-state index is 0.746. The Morgan fingerprint density at radius 2 is 2.08 bits per heavy atom. The van der Waals surface area contributed by atoms with Gasteiger partial charge in [-0.15, -0.1) is 0 Å². The van der Waals surface area contributed by atoms with Crippen LogP contribution < -0.4 is 5.46 Å². The number of benzene rings is 1. The average molecular weight is 153 g/mol. The molecule has 0 bridgehead atoms. The summed E-state index contributed by atoms with van der Waals surface area (Å²) in [6.07, 6.45) is 1.76. The lowest BCUT2D eigenvalue weighted by Gasteiger charge is -2.03. The standard InChI is InChI=1S/C10H8BN/c1-7-4-5-9(11)10-8(7)3-2-6-12-10/h2-6H,1H3. The molecule has 0 unspecified atom stereocenters. The number of rotatable bonds is 0. The van der Waals surface area contributed by atoms with Crippen molar-refractivity contribution in [2.24, 2.45) is 0 Å². The molecule has 2 radical (unpaired) electrons. The summed E-state index contributed by atoms with van der Waals surface area (Å²) in [5.41, 5.74) is 2.86. The van der Waals surface area contributed by atoms with Crippen LogP contribution >= 0.6 is 0 Å². The van der Waals surface area contributed by atoms with Crippen molar-refractivity contribution in [2.75, 3.05) is 0 Å². The largest absolute Gasteiger partial charge is 0.257 e. The van der Waals surface area contributed by atoms with Crippen LogP contribution in [0.2, 0.25) is 0 Å². The molecule has 2 heteroatoms. The molecule has 0 N–H and O–H groups in total. The molecular weight excluding hydrogens is 145 g/mol. The van der Waals surface area contributed by atoms with E-state index in [9.17, 15) is 0 Å². The Bertz CT molecular complexity index is 383. The topological polar surface area (TPSA) is 12.9 Å². The summed E-state index contributed by atoms with van der Waals surface area (Å²) in [5.74, 6) is 0. The average Bonchev–Trinajstić information content (AvgIpc) is 2.12. The molecule has 0 amide bonds. The van der Waals surface area contributed by atoms with Crippen molar-refractivity contribution in [3.8, 4) is 0 Å². The fourth-order valence-electron chi connectivity index (χ4n) is 1.34. The van der Waals surface area contributed by atoms with Crippen molar-refractivity contribution < 1.29 is 0 Å². The van der Waals surface area contributed by atoms with Gasteiger partial charge in [0.1, 0.15) is 7.85 Å². The van der Waals surface area contributed by atoms with Crippen molar-refractivity contribution in [2.45, 2.75) is 6.92 Å². The van der Waals surface area contributed by atoms with Gasteiger partial charge in [0.2, 0.25) is 0 Å². The van der Waals surface area contributed by atoms with Gasteiger partial charge in [-0.3, -0.25) is 4.98 Å². The fourth-order valence-corrected chi connectivity index (χ4v) is 1.34. The van der Waals surface area contributed by atoms with Crippen LogP contribution in [0, 0.1) is 6.92 Å². The molecule has 0 saturated heterocycles.